The summed E-state index contributed by atoms with van der Waals surface area (Å²) in [5, 5.41) is 0.299. The first-order valence-electron chi connectivity index (χ1n) is 9.08. The topological polar surface area (TPSA) is 75.7 Å². The molecular weight excluding hydrogens is 400 g/mol. The maximum Gasteiger partial charge on any atom is 0.261 e. The maximum absolute atomic E-state index is 12.9. The van der Waals surface area contributed by atoms with Crippen molar-refractivity contribution >= 4 is 33.2 Å². The van der Waals surface area contributed by atoms with E-state index >= 15 is 0 Å². The molecule has 0 bridgehead atoms. The number of rotatable bonds is 5. The molecule has 0 saturated carbocycles. The summed E-state index contributed by atoms with van der Waals surface area (Å²) in [7, 11) is -2.39. The van der Waals surface area contributed by atoms with Gasteiger partial charge in [0.2, 0.25) is 0 Å². The zero-order valence-electron chi connectivity index (χ0n) is 15.9. The zero-order chi connectivity index (χ0) is 20.3. The Hall–Kier alpha value is -2.25. The first-order chi connectivity index (χ1) is 13.3. The SMILES string of the molecule is COc1ccc(NS(=O)(=O)c2ccc(C)c(C(=O)N3CCCCC3)c2)cc1Cl. The molecular formula is C20H23ClN2O4S. The Labute approximate surface area is 170 Å². The Kier molecular flexibility index (Phi) is 6.15. The van der Waals surface area contributed by atoms with E-state index in [0.29, 0.717) is 35.1 Å². The number of hydrogen-bond acceptors (Lipinski definition) is 4. The molecule has 150 valence electrons. The zero-order valence-corrected chi connectivity index (χ0v) is 17.4. The lowest BCUT2D eigenvalue weighted by atomic mass is 10.1. The van der Waals surface area contributed by atoms with Crippen LogP contribution in [0.2, 0.25) is 5.02 Å². The van der Waals surface area contributed by atoms with Crippen LogP contribution < -0.4 is 9.46 Å². The van der Waals surface area contributed by atoms with Crippen molar-refractivity contribution in [2.75, 3.05) is 24.9 Å². The fourth-order valence-electron chi connectivity index (χ4n) is 3.21. The number of piperidine rings is 1. The largest absolute Gasteiger partial charge is 0.495 e. The van der Waals surface area contributed by atoms with Crippen molar-refractivity contribution in [3.05, 3.63) is 52.5 Å². The summed E-state index contributed by atoms with van der Waals surface area (Å²) >= 11 is 6.07. The highest BCUT2D eigenvalue weighted by Crippen LogP contribution is 2.29. The van der Waals surface area contributed by atoms with E-state index in [1.54, 1.807) is 23.1 Å². The number of hydrogen-bond donors (Lipinski definition) is 1. The van der Waals surface area contributed by atoms with Crippen LogP contribution in [-0.2, 0) is 10.0 Å². The predicted octanol–water partition coefficient (Wildman–Crippen LogP) is 4.08. The third kappa shape index (κ3) is 4.42. The number of aryl methyl sites for hydroxylation is 1. The fourth-order valence-corrected chi connectivity index (χ4v) is 4.54. The van der Waals surface area contributed by atoms with Gasteiger partial charge in [0.05, 0.1) is 22.7 Å². The van der Waals surface area contributed by atoms with Crippen LogP contribution in [0, 0.1) is 6.92 Å². The molecule has 1 aliphatic heterocycles. The van der Waals surface area contributed by atoms with Gasteiger partial charge < -0.3 is 9.64 Å². The highest BCUT2D eigenvalue weighted by Gasteiger charge is 2.23. The molecule has 0 radical (unpaired) electrons. The first-order valence-corrected chi connectivity index (χ1v) is 10.9. The Bertz CT molecular complexity index is 986. The Balaban J connectivity index is 1.87. The standard InChI is InChI=1S/C20H23ClN2O4S/c1-14-6-8-16(13-17(14)20(24)23-10-4-3-5-11-23)28(25,26)22-15-7-9-19(27-2)18(21)12-15/h6-9,12-13,22H,3-5,10-11H2,1-2H3. The van der Waals surface area contributed by atoms with E-state index in [4.69, 9.17) is 16.3 Å². The number of sulfonamides is 1. The number of amides is 1. The second-order valence-electron chi connectivity index (χ2n) is 6.78. The molecule has 2 aromatic rings. The Morgan fingerprint density at radius 3 is 2.46 bits per heavy atom. The number of nitrogens with one attached hydrogen (secondary N) is 1. The molecule has 0 aliphatic carbocycles. The Morgan fingerprint density at radius 2 is 1.82 bits per heavy atom. The molecule has 0 aromatic heterocycles. The van der Waals surface area contributed by atoms with Crippen LogP contribution in [-0.4, -0.2) is 39.4 Å². The summed E-state index contributed by atoms with van der Waals surface area (Å²) in [5.41, 5.74) is 1.48. The third-order valence-electron chi connectivity index (χ3n) is 4.80. The van der Waals surface area contributed by atoms with Crippen molar-refractivity contribution in [3.8, 4) is 5.75 Å². The lowest BCUT2D eigenvalue weighted by Crippen LogP contribution is -2.36. The van der Waals surface area contributed by atoms with E-state index in [-0.39, 0.29) is 10.8 Å². The van der Waals surface area contributed by atoms with Crippen molar-refractivity contribution in [2.45, 2.75) is 31.1 Å². The van der Waals surface area contributed by atoms with Crippen molar-refractivity contribution in [1.29, 1.82) is 0 Å². The minimum Gasteiger partial charge on any atom is -0.495 e. The van der Waals surface area contributed by atoms with Crippen LogP contribution in [0.25, 0.3) is 0 Å². The van der Waals surface area contributed by atoms with E-state index in [9.17, 15) is 13.2 Å². The predicted molar refractivity (Wildman–Crippen MR) is 110 cm³/mol. The lowest BCUT2D eigenvalue weighted by molar-refractivity contribution is 0.0723. The van der Waals surface area contributed by atoms with Gasteiger partial charge in [-0.05, 0) is 62.1 Å². The molecule has 6 nitrogen and oxygen atoms in total. The third-order valence-corrected chi connectivity index (χ3v) is 6.47. The first kappa shape index (κ1) is 20.5. The average molecular weight is 423 g/mol. The van der Waals surface area contributed by atoms with Crippen LogP contribution in [0.1, 0.15) is 35.2 Å². The van der Waals surface area contributed by atoms with Crippen LogP contribution >= 0.6 is 11.6 Å². The van der Waals surface area contributed by atoms with Gasteiger partial charge in [0.25, 0.3) is 15.9 Å². The molecule has 1 amide bonds. The number of ether oxygens (including phenoxy) is 1. The van der Waals surface area contributed by atoms with Gasteiger partial charge in [-0.15, -0.1) is 0 Å². The summed E-state index contributed by atoms with van der Waals surface area (Å²) in [5.74, 6) is 0.330. The number of nitrogens with zero attached hydrogens (tertiary/aromatic N) is 1. The Morgan fingerprint density at radius 1 is 1.11 bits per heavy atom. The highest BCUT2D eigenvalue weighted by molar-refractivity contribution is 7.92. The average Bonchev–Trinajstić information content (AvgIpc) is 2.68. The second kappa shape index (κ2) is 8.41. The van der Waals surface area contributed by atoms with Crippen molar-refractivity contribution in [1.82, 2.24) is 4.90 Å². The molecule has 0 atom stereocenters. The number of methoxy groups -OCH3 is 1. The van der Waals surface area contributed by atoms with Crippen molar-refractivity contribution < 1.29 is 17.9 Å². The quantitative estimate of drug-likeness (QED) is 0.787. The van der Waals surface area contributed by atoms with Gasteiger partial charge in [-0.25, -0.2) is 8.42 Å². The fraction of sp³-hybridized carbons (Fsp3) is 0.350. The highest BCUT2D eigenvalue weighted by atomic mass is 35.5. The van der Waals surface area contributed by atoms with E-state index in [2.05, 4.69) is 4.72 Å². The van der Waals surface area contributed by atoms with Crippen LogP contribution in [0.4, 0.5) is 5.69 Å². The van der Waals surface area contributed by atoms with Crippen molar-refractivity contribution in [2.24, 2.45) is 0 Å². The monoisotopic (exact) mass is 422 g/mol. The smallest absolute Gasteiger partial charge is 0.261 e. The molecule has 28 heavy (non-hydrogen) atoms. The molecule has 1 aliphatic rings. The lowest BCUT2D eigenvalue weighted by Gasteiger charge is -2.27. The van der Waals surface area contributed by atoms with Gasteiger partial charge in [0.15, 0.2) is 0 Å². The van der Waals surface area contributed by atoms with E-state index in [0.717, 1.165) is 24.8 Å². The van der Waals surface area contributed by atoms with Gasteiger partial charge >= 0.3 is 0 Å². The van der Waals surface area contributed by atoms with Gasteiger partial charge in [-0.1, -0.05) is 17.7 Å². The number of carbonyl (C=O) groups is 1. The van der Waals surface area contributed by atoms with Gasteiger partial charge in [0.1, 0.15) is 5.75 Å². The molecule has 1 saturated heterocycles. The van der Waals surface area contributed by atoms with E-state index in [1.807, 2.05) is 6.92 Å². The summed E-state index contributed by atoms with van der Waals surface area (Å²) in [6, 6.07) is 9.23. The normalized spacial score (nSPS) is 14.6. The minimum absolute atomic E-state index is 0.0328. The summed E-state index contributed by atoms with van der Waals surface area (Å²) in [4.78, 5) is 14.7. The van der Waals surface area contributed by atoms with Crippen LogP contribution in [0.3, 0.4) is 0 Å². The number of anilines is 1. The van der Waals surface area contributed by atoms with Crippen LogP contribution in [0.15, 0.2) is 41.3 Å². The molecule has 1 fully saturated rings. The van der Waals surface area contributed by atoms with E-state index in [1.165, 1.54) is 25.3 Å². The number of benzene rings is 2. The number of likely N-dealkylation sites (tertiary alicyclic amines) is 1. The molecule has 0 spiro atoms. The molecule has 0 unspecified atom stereocenters. The molecule has 8 heteroatoms. The number of carbonyl (C=O) groups excluding carboxylic acids is 1. The van der Waals surface area contributed by atoms with Crippen LogP contribution in [0.5, 0.6) is 5.75 Å². The summed E-state index contributed by atoms with van der Waals surface area (Å²) in [6.07, 6.45) is 3.07. The molecule has 1 N–H and O–H groups in total. The molecule has 3 rings (SSSR count). The van der Waals surface area contributed by atoms with Crippen molar-refractivity contribution in [3.63, 3.8) is 0 Å². The maximum atomic E-state index is 12.9. The van der Waals surface area contributed by atoms with Gasteiger partial charge in [0, 0.05) is 18.7 Å². The van der Waals surface area contributed by atoms with Gasteiger partial charge in [-0.2, -0.15) is 0 Å². The van der Waals surface area contributed by atoms with Gasteiger partial charge in [-0.3, -0.25) is 9.52 Å². The summed E-state index contributed by atoms with van der Waals surface area (Å²) in [6.45, 7) is 3.22. The summed E-state index contributed by atoms with van der Waals surface area (Å²) < 4.78 is 33.2. The molecule has 2 aromatic carbocycles. The molecule has 1 heterocycles. The number of halogens is 1. The van der Waals surface area contributed by atoms with E-state index < -0.39 is 10.0 Å². The second-order valence-corrected chi connectivity index (χ2v) is 8.87. The minimum atomic E-state index is -3.87.